The van der Waals surface area contributed by atoms with E-state index in [-0.39, 0.29) is 10.5 Å². The lowest BCUT2D eigenvalue weighted by molar-refractivity contribution is -0.00501. The summed E-state index contributed by atoms with van der Waals surface area (Å²) >= 11 is 0. The fourth-order valence-corrected chi connectivity index (χ4v) is 6.61. The number of hydrogen-bond donors (Lipinski definition) is 1. The molecular formula is C27H48O2Si. The standard InChI is InChI=1S/C27H48O2Si/c1-21(15-11-10-12-19-26(5,6)28)22-16-13-17-23-24(18-14-20-27(22,23)7)29-30(8,9)25(2,3)4/h10-12,16,19,21,23-24,28H,13-15,17-18,20H2,1-9H3/b11-10+,19-12+/t21-,23+,24+,27+/m1/s1. The molecule has 1 N–H and O–H groups in total. The van der Waals surface area contributed by atoms with E-state index >= 15 is 0 Å². The molecular weight excluding hydrogens is 384 g/mol. The summed E-state index contributed by atoms with van der Waals surface area (Å²) in [5.41, 5.74) is 1.20. The van der Waals surface area contributed by atoms with Crippen molar-refractivity contribution in [1.29, 1.82) is 0 Å². The Morgan fingerprint density at radius 2 is 1.87 bits per heavy atom. The molecule has 0 aromatic heterocycles. The van der Waals surface area contributed by atoms with E-state index in [0.717, 1.165) is 6.42 Å². The molecule has 0 amide bonds. The number of rotatable bonds is 7. The predicted molar refractivity (Wildman–Crippen MR) is 133 cm³/mol. The van der Waals surface area contributed by atoms with Crippen LogP contribution >= 0.6 is 0 Å². The highest BCUT2D eigenvalue weighted by Gasteiger charge is 2.49. The van der Waals surface area contributed by atoms with Crippen LogP contribution in [-0.2, 0) is 4.43 Å². The average Bonchev–Trinajstić information content (AvgIpc) is 2.58. The molecule has 0 unspecified atom stereocenters. The van der Waals surface area contributed by atoms with E-state index in [4.69, 9.17) is 4.43 Å². The van der Waals surface area contributed by atoms with Gasteiger partial charge in [-0.1, -0.05) is 77.0 Å². The summed E-state index contributed by atoms with van der Waals surface area (Å²) in [6.45, 7) is 20.4. The van der Waals surface area contributed by atoms with Crippen molar-refractivity contribution in [2.24, 2.45) is 17.3 Å². The summed E-state index contributed by atoms with van der Waals surface area (Å²) in [5.74, 6) is 1.21. The Morgan fingerprint density at radius 1 is 1.20 bits per heavy atom. The summed E-state index contributed by atoms with van der Waals surface area (Å²) in [7, 11) is -1.76. The zero-order valence-corrected chi connectivity index (χ0v) is 22.2. The lowest BCUT2D eigenvalue weighted by atomic mass is 9.56. The van der Waals surface area contributed by atoms with Crippen molar-refractivity contribution < 1.29 is 9.53 Å². The Kier molecular flexibility index (Phi) is 8.08. The van der Waals surface area contributed by atoms with Crippen molar-refractivity contribution >= 4 is 8.32 Å². The van der Waals surface area contributed by atoms with Crippen LogP contribution < -0.4 is 0 Å². The molecule has 0 aliphatic heterocycles. The van der Waals surface area contributed by atoms with Gasteiger partial charge < -0.3 is 9.53 Å². The second kappa shape index (κ2) is 9.46. The van der Waals surface area contributed by atoms with E-state index in [1.807, 2.05) is 12.2 Å². The van der Waals surface area contributed by atoms with Crippen LogP contribution in [0.1, 0.15) is 87.0 Å². The Hall–Kier alpha value is -0.643. The molecule has 1 fully saturated rings. The number of hydrogen-bond acceptors (Lipinski definition) is 2. The molecule has 4 atom stereocenters. The lowest BCUT2D eigenvalue weighted by Crippen LogP contribution is -2.51. The van der Waals surface area contributed by atoms with Gasteiger partial charge in [0.15, 0.2) is 8.32 Å². The van der Waals surface area contributed by atoms with Gasteiger partial charge in [0, 0.05) is 6.10 Å². The van der Waals surface area contributed by atoms with Gasteiger partial charge in [-0.3, -0.25) is 0 Å². The first-order valence-corrected chi connectivity index (χ1v) is 15.0. The van der Waals surface area contributed by atoms with E-state index in [1.165, 1.54) is 32.1 Å². The molecule has 2 rings (SSSR count). The third kappa shape index (κ3) is 6.20. The van der Waals surface area contributed by atoms with Crippen LogP contribution in [0.25, 0.3) is 0 Å². The SMILES string of the molecule is C[C@H](C/C=C/C=C/C(C)(C)O)C1=CCC[C@H]2[C@@H](O[Si](C)(C)C(C)(C)C)CCC[C@@]12C. The fraction of sp³-hybridized carbons (Fsp3) is 0.778. The maximum absolute atomic E-state index is 9.81. The Balaban J connectivity index is 2.12. The van der Waals surface area contributed by atoms with Gasteiger partial charge in [-0.25, -0.2) is 0 Å². The number of aliphatic hydroxyl groups is 1. The van der Waals surface area contributed by atoms with Gasteiger partial charge in [0.2, 0.25) is 0 Å². The predicted octanol–water partition coefficient (Wildman–Crippen LogP) is 7.81. The Morgan fingerprint density at radius 3 is 2.47 bits per heavy atom. The van der Waals surface area contributed by atoms with E-state index in [0.29, 0.717) is 17.9 Å². The quantitative estimate of drug-likeness (QED) is 0.252. The van der Waals surface area contributed by atoms with Gasteiger partial charge in [0.1, 0.15) is 0 Å². The van der Waals surface area contributed by atoms with E-state index < -0.39 is 13.9 Å². The first-order chi connectivity index (χ1) is 13.7. The van der Waals surface area contributed by atoms with Crippen molar-refractivity contribution in [3.05, 3.63) is 36.0 Å². The van der Waals surface area contributed by atoms with Crippen LogP contribution in [0.4, 0.5) is 0 Å². The molecule has 0 bridgehead atoms. The van der Waals surface area contributed by atoms with Crippen LogP contribution in [-0.4, -0.2) is 25.1 Å². The minimum Gasteiger partial charge on any atom is -0.414 e. The smallest absolute Gasteiger partial charge is 0.192 e. The summed E-state index contributed by atoms with van der Waals surface area (Å²) in [6.07, 6.45) is 18.5. The second-order valence-electron chi connectivity index (χ2n) is 12.1. The summed E-state index contributed by atoms with van der Waals surface area (Å²) in [6, 6.07) is 0. The normalized spacial score (nSPS) is 29.9. The highest BCUT2D eigenvalue weighted by Crippen LogP contribution is 2.55. The molecule has 0 aromatic rings. The molecule has 1 saturated carbocycles. The monoisotopic (exact) mass is 432 g/mol. The molecule has 30 heavy (non-hydrogen) atoms. The maximum atomic E-state index is 9.81. The second-order valence-corrected chi connectivity index (χ2v) is 16.9. The minimum absolute atomic E-state index is 0.267. The fourth-order valence-electron chi connectivity index (χ4n) is 5.22. The zero-order valence-electron chi connectivity index (χ0n) is 21.2. The van der Waals surface area contributed by atoms with Gasteiger partial charge in [0.05, 0.1) is 5.60 Å². The zero-order chi connectivity index (χ0) is 22.8. The molecule has 0 heterocycles. The van der Waals surface area contributed by atoms with Crippen LogP contribution in [0.3, 0.4) is 0 Å². The molecule has 172 valence electrons. The van der Waals surface area contributed by atoms with Gasteiger partial charge in [-0.05, 0) is 81.3 Å². The number of fused-ring (bicyclic) bond motifs is 1. The van der Waals surface area contributed by atoms with E-state index in [1.54, 1.807) is 19.4 Å². The topological polar surface area (TPSA) is 29.5 Å². The Labute approximate surface area is 188 Å². The highest BCUT2D eigenvalue weighted by molar-refractivity contribution is 6.74. The Bertz CT molecular complexity index is 659. The van der Waals surface area contributed by atoms with Crippen molar-refractivity contribution in [2.45, 2.75) is 117 Å². The number of allylic oxidation sites excluding steroid dienone is 5. The summed E-state index contributed by atoms with van der Waals surface area (Å²) < 4.78 is 7.02. The van der Waals surface area contributed by atoms with Gasteiger partial charge in [0.25, 0.3) is 0 Å². The van der Waals surface area contributed by atoms with Gasteiger partial charge in [-0.15, -0.1) is 0 Å². The van der Waals surface area contributed by atoms with Crippen LogP contribution in [0.15, 0.2) is 36.0 Å². The van der Waals surface area contributed by atoms with Crippen molar-refractivity contribution in [3.8, 4) is 0 Å². The molecule has 2 aliphatic rings. The molecule has 0 spiro atoms. The van der Waals surface area contributed by atoms with Gasteiger partial charge in [-0.2, -0.15) is 0 Å². The third-order valence-electron chi connectivity index (χ3n) is 7.98. The van der Waals surface area contributed by atoms with E-state index in [2.05, 4.69) is 65.9 Å². The first kappa shape index (κ1) is 25.6. The van der Waals surface area contributed by atoms with Crippen LogP contribution in [0.5, 0.6) is 0 Å². The maximum Gasteiger partial charge on any atom is 0.192 e. The molecule has 0 saturated heterocycles. The van der Waals surface area contributed by atoms with Crippen molar-refractivity contribution in [2.75, 3.05) is 0 Å². The first-order valence-electron chi connectivity index (χ1n) is 12.1. The summed E-state index contributed by atoms with van der Waals surface area (Å²) in [4.78, 5) is 0. The van der Waals surface area contributed by atoms with Crippen LogP contribution in [0.2, 0.25) is 18.1 Å². The molecule has 2 nitrogen and oxygen atoms in total. The largest absolute Gasteiger partial charge is 0.414 e. The highest BCUT2D eigenvalue weighted by atomic mass is 28.4. The van der Waals surface area contributed by atoms with Crippen molar-refractivity contribution in [1.82, 2.24) is 0 Å². The average molecular weight is 433 g/mol. The van der Waals surface area contributed by atoms with Crippen molar-refractivity contribution in [3.63, 3.8) is 0 Å². The van der Waals surface area contributed by atoms with Gasteiger partial charge >= 0.3 is 0 Å². The molecule has 0 aromatic carbocycles. The molecule has 2 aliphatic carbocycles. The van der Waals surface area contributed by atoms with E-state index in [9.17, 15) is 5.11 Å². The minimum atomic E-state index is -1.76. The lowest BCUT2D eigenvalue weighted by Gasteiger charge is -2.53. The third-order valence-corrected chi connectivity index (χ3v) is 12.5. The summed E-state index contributed by atoms with van der Waals surface area (Å²) in [5, 5.41) is 10.1. The molecule has 0 radical (unpaired) electrons. The van der Waals surface area contributed by atoms with Crippen LogP contribution in [0, 0.1) is 17.3 Å². The molecule has 3 heteroatoms.